The molecule has 2 unspecified atom stereocenters. The summed E-state index contributed by atoms with van der Waals surface area (Å²) in [5, 5.41) is 3.29. The molecule has 0 aromatic carbocycles. The molecule has 3 heteroatoms. The van der Waals surface area contributed by atoms with Crippen LogP contribution in [0, 0.1) is 11.8 Å². The maximum absolute atomic E-state index is 11.5. The summed E-state index contributed by atoms with van der Waals surface area (Å²) in [4.78, 5) is 13.7. The number of ketones is 1. The molecule has 11 heavy (non-hydrogen) atoms. The molecule has 2 bridgehead atoms. The fourth-order valence-corrected chi connectivity index (χ4v) is 2.10. The lowest BCUT2D eigenvalue weighted by molar-refractivity contribution is -0.132. The number of rotatable bonds is 0. The predicted molar refractivity (Wildman–Crippen MR) is 42.4 cm³/mol. The number of nitrogens with zero attached hydrogens (tertiary/aromatic N) is 1. The maximum atomic E-state index is 11.5. The van der Waals surface area contributed by atoms with E-state index in [1.54, 1.807) is 0 Å². The molecule has 2 rings (SSSR count). The summed E-state index contributed by atoms with van der Waals surface area (Å²) in [5.41, 5.74) is 0. The molecule has 3 nitrogen and oxygen atoms in total. The van der Waals surface area contributed by atoms with Gasteiger partial charge in [-0.25, -0.2) is 0 Å². The van der Waals surface area contributed by atoms with Crippen molar-refractivity contribution in [2.75, 3.05) is 33.2 Å². The van der Waals surface area contributed by atoms with Crippen LogP contribution in [0.5, 0.6) is 0 Å². The first-order valence-corrected chi connectivity index (χ1v) is 4.20. The minimum absolute atomic E-state index is 0.271. The molecule has 0 saturated carbocycles. The van der Waals surface area contributed by atoms with Crippen molar-refractivity contribution in [3.63, 3.8) is 0 Å². The minimum Gasteiger partial charge on any atom is -0.315 e. The average Bonchev–Trinajstić information content (AvgIpc) is 1.92. The number of hydrogen-bond donors (Lipinski definition) is 1. The number of carbonyl (C=O) groups excluding carboxylic acids is 1. The molecule has 0 radical (unpaired) electrons. The van der Waals surface area contributed by atoms with E-state index in [1.165, 1.54) is 0 Å². The van der Waals surface area contributed by atoms with Crippen molar-refractivity contribution in [1.29, 1.82) is 0 Å². The van der Waals surface area contributed by atoms with Gasteiger partial charge in [-0.2, -0.15) is 0 Å². The zero-order valence-corrected chi connectivity index (χ0v) is 6.84. The van der Waals surface area contributed by atoms with Crippen LogP contribution in [-0.2, 0) is 4.79 Å². The maximum Gasteiger partial charge on any atom is 0.144 e. The van der Waals surface area contributed by atoms with Crippen molar-refractivity contribution in [2.45, 2.75) is 0 Å². The van der Waals surface area contributed by atoms with Gasteiger partial charge in [0.25, 0.3) is 0 Å². The van der Waals surface area contributed by atoms with E-state index in [0.717, 1.165) is 26.2 Å². The third-order valence-electron chi connectivity index (χ3n) is 2.65. The van der Waals surface area contributed by atoms with Gasteiger partial charge >= 0.3 is 0 Å². The van der Waals surface area contributed by atoms with E-state index in [9.17, 15) is 4.79 Å². The second-order valence-corrected chi connectivity index (χ2v) is 3.68. The number of hydrogen-bond acceptors (Lipinski definition) is 3. The van der Waals surface area contributed by atoms with E-state index < -0.39 is 0 Å². The predicted octanol–water partition coefficient (Wildman–Crippen LogP) is -0.663. The Hall–Kier alpha value is -0.410. The summed E-state index contributed by atoms with van der Waals surface area (Å²) < 4.78 is 0. The smallest absolute Gasteiger partial charge is 0.144 e. The van der Waals surface area contributed by atoms with Gasteiger partial charge in [0.1, 0.15) is 5.78 Å². The van der Waals surface area contributed by atoms with Gasteiger partial charge in [-0.15, -0.1) is 0 Å². The number of piperidine rings is 2. The van der Waals surface area contributed by atoms with Gasteiger partial charge < -0.3 is 10.2 Å². The molecular weight excluding hydrogens is 140 g/mol. The van der Waals surface area contributed by atoms with Crippen LogP contribution in [0.3, 0.4) is 0 Å². The second-order valence-electron chi connectivity index (χ2n) is 3.68. The first-order chi connectivity index (χ1) is 5.27. The molecule has 0 aromatic heterocycles. The van der Waals surface area contributed by atoms with E-state index in [2.05, 4.69) is 17.3 Å². The molecule has 2 atom stereocenters. The third kappa shape index (κ3) is 1.19. The van der Waals surface area contributed by atoms with Crippen molar-refractivity contribution in [2.24, 2.45) is 11.8 Å². The van der Waals surface area contributed by atoms with Crippen LogP contribution in [0.25, 0.3) is 0 Å². The molecule has 62 valence electrons. The molecule has 2 fully saturated rings. The van der Waals surface area contributed by atoms with Crippen molar-refractivity contribution in [3.8, 4) is 0 Å². The first-order valence-electron chi connectivity index (χ1n) is 4.20. The van der Waals surface area contributed by atoms with Gasteiger partial charge in [0.15, 0.2) is 0 Å². The Kier molecular flexibility index (Phi) is 1.69. The summed E-state index contributed by atoms with van der Waals surface area (Å²) in [6, 6.07) is 0. The van der Waals surface area contributed by atoms with Gasteiger partial charge in [0.2, 0.25) is 0 Å². The molecule has 0 spiro atoms. The SMILES string of the molecule is CN1CC2CNCC(C1)C2=O. The number of carbonyl (C=O) groups is 1. The summed E-state index contributed by atoms with van der Waals surface area (Å²) in [6.07, 6.45) is 0. The molecule has 2 saturated heterocycles. The summed E-state index contributed by atoms with van der Waals surface area (Å²) in [5.74, 6) is 1.03. The van der Waals surface area contributed by atoms with Crippen LogP contribution < -0.4 is 5.32 Å². The third-order valence-corrected chi connectivity index (χ3v) is 2.65. The lowest BCUT2D eigenvalue weighted by Gasteiger charge is -2.38. The lowest BCUT2D eigenvalue weighted by Crippen LogP contribution is -2.55. The van der Waals surface area contributed by atoms with Crippen LogP contribution in [-0.4, -0.2) is 43.9 Å². The fraction of sp³-hybridized carbons (Fsp3) is 0.875. The molecule has 1 N–H and O–H groups in total. The number of likely N-dealkylation sites (tertiary alicyclic amines) is 1. The van der Waals surface area contributed by atoms with Gasteiger partial charge in [0.05, 0.1) is 0 Å². The molecular formula is C8H14N2O. The quantitative estimate of drug-likeness (QED) is 0.502. The summed E-state index contributed by atoms with van der Waals surface area (Å²) >= 11 is 0. The Balaban J connectivity index is 2.13. The van der Waals surface area contributed by atoms with Gasteiger partial charge in [-0.3, -0.25) is 4.79 Å². The highest BCUT2D eigenvalue weighted by atomic mass is 16.1. The first kappa shape index (κ1) is 7.25. The van der Waals surface area contributed by atoms with Crippen molar-refractivity contribution in [1.82, 2.24) is 10.2 Å². The standard InChI is InChI=1S/C8H14N2O/c1-10-4-6-2-9-3-7(5-10)8(6)11/h6-7,9H,2-5H2,1H3. The van der Waals surface area contributed by atoms with Gasteiger partial charge in [-0.05, 0) is 7.05 Å². The Bertz CT molecular complexity index is 165. The van der Waals surface area contributed by atoms with E-state index in [-0.39, 0.29) is 11.8 Å². The van der Waals surface area contributed by atoms with E-state index in [4.69, 9.17) is 0 Å². The van der Waals surface area contributed by atoms with Gasteiger partial charge in [-0.1, -0.05) is 0 Å². The highest BCUT2D eigenvalue weighted by molar-refractivity contribution is 5.85. The van der Waals surface area contributed by atoms with Crippen LogP contribution in [0.4, 0.5) is 0 Å². The average molecular weight is 154 g/mol. The topological polar surface area (TPSA) is 32.3 Å². The lowest BCUT2D eigenvalue weighted by atomic mass is 9.85. The number of fused-ring (bicyclic) bond motifs is 2. The molecule has 0 aromatic rings. The zero-order valence-electron chi connectivity index (χ0n) is 6.84. The van der Waals surface area contributed by atoms with Crippen molar-refractivity contribution >= 4 is 5.78 Å². The highest BCUT2D eigenvalue weighted by Crippen LogP contribution is 2.19. The number of nitrogens with one attached hydrogen (secondary N) is 1. The summed E-state index contributed by atoms with van der Waals surface area (Å²) in [7, 11) is 2.10. The normalized spacial score (nSPS) is 39.2. The monoisotopic (exact) mass is 154 g/mol. The highest BCUT2D eigenvalue weighted by Gasteiger charge is 2.36. The fourth-order valence-electron chi connectivity index (χ4n) is 2.10. The minimum atomic E-state index is 0.271. The van der Waals surface area contributed by atoms with Crippen LogP contribution in [0.2, 0.25) is 0 Å². The Morgan fingerprint density at radius 2 is 1.91 bits per heavy atom. The molecule has 2 aliphatic heterocycles. The van der Waals surface area contributed by atoms with Crippen molar-refractivity contribution < 1.29 is 4.79 Å². The van der Waals surface area contributed by atoms with E-state index in [0.29, 0.717) is 5.78 Å². The molecule has 2 aliphatic rings. The second kappa shape index (κ2) is 2.57. The summed E-state index contributed by atoms with van der Waals surface area (Å²) in [6.45, 7) is 3.67. The van der Waals surface area contributed by atoms with Crippen LogP contribution in [0.1, 0.15) is 0 Å². The Morgan fingerprint density at radius 3 is 2.45 bits per heavy atom. The Morgan fingerprint density at radius 1 is 1.36 bits per heavy atom. The Labute approximate surface area is 66.8 Å². The number of Topliss-reactive ketones (excluding diaryl/α,β-unsaturated/α-hetero) is 1. The molecule has 0 amide bonds. The zero-order chi connectivity index (χ0) is 7.84. The van der Waals surface area contributed by atoms with Crippen molar-refractivity contribution in [3.05, 3.63) is 0 Å². The van der Waals surface area contributed by atoms with Gasteiger partial charge in [0, 0.05) is 38.0 Å². The largest absolute Gasteiger partial charge is 0.315 e. The van der Waals surface area contributed by atoms with E-state index >= 15 is 0 Å². The van der Waals surface area contributed by atoms with Crippen LogP contribution >= 0.6 is 0 Å². The molecule has 0 aliphatic carbocycles. The van der Waals surface area contributed by atoms with E-state index in [1.807, 2.05) is 0 Å². The van der Waals surface area contributed by atoms with Crippen LogP contribution in [0.15, 0.2) is 0 Å². The molecule has 2 heterocycles.